The molecule has 0 saturated heterocycles. The van der Waals surface area contributed by atoms with Gasteiger partial charge in [-0.25, -0.2) is 4.79 Å². The van der Waals surface area contributed by atoms with Crippen LogP contribution in [0.3, 0.4) is 0 Å². The first kappa shape index (κ1) is 41.0. The fraction of sp³-hybridized carbons (Fsp3) is 0.886. The van der Waals surface area contributed by atoms with E-state index in [-0.39, 0.29) is 19.4 Å². The number of hydrogen-bond acceptors (Lipinski definition) is 5. The van der Waals surface area contributed by atoms with E-state index < -0.39 is 40.6 Å². The van der Waals surface area contributed by atoms with Crippen LogP contribution in [0.1, 0.15) is 158 Å². The van der Waals surface area contributed by atoms with Crippen LogP contribution in [0, 0.1) is 29.1 Å². The van der Waals surface area contributed by atoms with Gasteiger partial charge in [-0.1, -0.05) is 131 Å². The van der Waals surface area contributed by atoms with Crippen molar-refractivity contribution in [1.29, 1.82) is 0 Å². The van der Waals surface area contributed by atoms with Crippen LogP contribution in [-0.4, -0.2) is 51.2 Å². The van der Waals surface area contributed by atoms with Gasteiger partial charge in [-0.3, -0.25) is 14.4 Å². The lowest BCUT2D eigenvalue weighted by Gasteiger charge is -2.46. The third kappa shape index (κ3) is 13.7. The number of hydrogen-bond donors (Lipinski definition) is 3. The third-order valence-corrected chi connectivity index (χ3v) is 8.82. The Labute approximate surface area is 261 Å². The van der Waals surface area contributed by atoms with E-state index in [1.54, 1.807) is 0 Å². The first-order chi connectivity index (χ1) is 20.2. The summed E-state index contributed by atoms with van der Waals surface area (Å²) in [6.45, 7) is 13.8. The second-order valence-electron chi connectivity index (χ2n) is 13.9. The number of carboxylic acids is 3. The largest absolute Gasteiger partial charge is 0.481 e. The molecular formula is C35H64O8. The molecule has 0 aromatic rings. The molecule has 0 aromatic heterocycles. The van der Waals surface area contributed by atoms with Crippen LogP contribution >= 0.6 is 0 Å². The first-order valence-electron chi connectivity index (χ1n) is 17.0. The Kier molecular flexibility index (Phi) is 20.7. The van der Waals surface area contributed by atoms with E-state index in [0.29, 0.717) is 49.9 Å². The minimum absolute atomic E-state index is 0.0750. The molecule has 0 bridgehead atoms. The smallest absolute Gasteiger partial charge is 0.338 e. The zero-order valence-electron chi connectivity index (χ0n) is 28.4. The number of Topliss-reactive ketones (excluding diaryl/α,β-unsaturated/α-hetero) is 1. The highest BCUT2D eigenvalue weighted by Crippen LogP contribution is 2.48. The van der Waals surface area contributed by atoms with Crippen LogP contribution in [0.15, 0.2) is 0 Å². The van der Waals surface area contributed by atoms with E-state index in [1.807, 2.05) is 0 Å². The highest BCUT2D eigenvalue weighted by molar-refractivity contribution is 6.09. The Bertz CT molecular complexity index is 805. The molecule has 0 aliphatic heterocycles. The summed E-state index contributed by atoms with van der Waals surface area (Å²) in [6, 6.07) is 0. The molecule has 0 radical (unpaired) electrons. The van der Waals surface area contributed by atoms with Crippen molar-refractivity contribution in [2.24, 2.45) is 29.1 Å². The molecular weight excluding hydrogens is 548 g/mol. The van der Waals surface area contributed by atoms with Gasteiger partial charge < -0.3 is 20.1 Å². The molecule has 3 unspecified atom stereocenters. The predicted molar refractivity (Wildman–Crippen MR) is 171 cm³/mol. The van der Waals surface area contributed by atoms with Crippen molar-refractivity contribution in [2.45, 2.75) is 163 Å². The van der Waals surface area contributed by atoms with Crippen LogP contribution in [0.5, 0.6) is 0 Å². The maximum atomic E-state index is 13.4. The Hall–Kier alpha value is -1.96. The normalized spacial score (nSPS) is 15.4. The average Bonchev–Trinajstić information content (AvgIpc) is 2.89. The van der Waals surface area contributed by atoms with Gasteiger partial charge in [-0.05, 0) is 43.9 Å². The Morgan fingerprint density at radius 3 is 1.30 bits per heavy atom. The van der Waals surface area contributed by atoms with Crippen molar-refractivity contribution in [1.82, 2.24) is 0 Å². The van der Waals surface area contributed by atoms with Gasteiger partial charge in [-0.15, -0.1) is 0 Å². The molecule has 0 saturated carbocycles. The van der Waals surface area contributed by atoms with E-state index in [9.17, 15) is 34.5 Å². The lowest BCUT2D eigenvalue weighted by Crippen LogP contribution is -2.68. The predicted octanol–water partition coefficient (Wildman–Crippen LogP) is 8.79. The zero-order valence-corrected chi connectivity index (χ0v) is 28.4. The molecule has 0 rings (SSSR count). The summed E-state index contributed by atoms with van der Waals surface area (Å²) in [5.41, 5.74) is -5.24. The van der Waals surface area contributed by atoms with Gasteiger partial charge in [0, 0.05) is 6.61 Å². The SMILES string of the molecule is CC(=O)C(CCCCCCC(C)C)(C(=O)O)C(OCCCCCCC(C)C)(C(=O)O)C(CCCCCCC(C)C)C(=O)O. The van der Waals surface area contributed by atoms with Gasteiger partial charge in [0.1, 0.15) is 0 Å². The van der Waals surface area contributed by atoms with Gasteiger partial charge in [0.05, 0.1) is 5.92 Å². The summed E-state index contributed by atoms with van der Waals surface area (Å²) in [4.78, 5) is 52.6. The van der Waals surface area contributed by atoms with E-state index in [0.717, 1.165) is 71.1 Å². The molecule has 3 N–H and O–H groups in total. The van der Waals surface area contributed by atoms with Crippen molar-refractivity contribution in [3.05, 3.63) is 0 Å². The minimum atomic E-state index is -2.72. The zero-order chi connectivity index (χ0) is 33.1. The molecule has 8 nitrogen and oxygen atoms in total. The number of carbonyl (C=O) groups excluding carboxylic acids is 1. The van der Waals surface area contributed by atoms with Gasteiger partial charge >= 0.3 is 17.9 Å². The molecule has 43 heavy (non-hydrogen) atoms. The number of unbranched alkanes of at least 4 members (excludes halogenated alkanes) is 9. The quantitative estimate of drug-likeness (QED) is 0.0588. The van der Waals surface area contributed by atoms with Gasteiger partial charge in [0.15, 0.2) is 11.2 Å². The minimum Gasteiger partial charge on any atom is -0.481 e. The van der Waals surface area contributed by atoms with Crippen LogP contribution in [0.2, 0.25) is 0 Å². The first-order valence-corrected chi connectivity index (χ1v) is 17.0. The highest BCUT2D eigenvalue weighted by Gasteiger charge is 2.70. The number of ether oxygens (including phenoxy) is 1. The molecule has 0 fully saturated rings. The summed E-state index contributed by atoms with van der Waals surface area (Å²) in [6.07, 6.45) is 11.5. The maximum absolute atomic E-state index is 13.4. The average molecular weight is 613 g/mol. The Morgan fingerprint density at radius 2 is 0.953 bits per heavy atom. The molecule has 0 aliphatic rings. The summed E-state index contributed by atoms with van der Waals surface area (Å²) in [7, 11) is 0. The number of aliphatic carboxylic acids is 3. The molecule has 0 amide bonds. The van der Waals surface area contributed by atoms with E-state index in [4.69, 9.17) is 4.74 Å². The highest BCUT2D eigenvalue weighted by atomic mass is 16.5. The second kappa shape index (κ2) is 21.7. The Balaban J connectivity index is 6.33. The lowest BCUT2D eigenvalue weighted by molar-refractivity contribution is -0.218. The molecule has 0 heterocycles. The number of ketones is 1. The van der Waals surface area contributed by atoms with Crippen molar-refractivity contribution in [2.75, 3.05) is 6.61 Å². The van der Waals surface area contributed by atoms with Gasteiger partial charge in [-0.2, -0.15) is 0 Å². The van der Waals surface area contributed by atoms with E-state index in [1.165, 1.54) is 0 Å². The molecule has 0 spiro atoms. The van der Waals surface area contributed by atoms with Crippen LogP contribution in [0.4, 0.5) is 0 Å². The van der Waals surface area contributed by atoms with Gasteiger partial charge in [0.25, 0.3) is 0 Å². The topological polar surface area (TPSA) is 138 Å². The van der Waals surface area contributed by atoms with Crippen molar-refractivity contribution < 1.29 is 39.2 Å². The van der Waals surface area contributed by atoms with Crippen molar-refractivity contribution in [3.8, 4) is 0 Å². The third-order valence-electron chi connectivity index (χ3n) is 8.82. The summed E-state index contributed by atoms with van der Waals surface area (Å²) in [5, 5.41) is 31.9. The lowest BCUT2D eigenvalue weighted by atomic mass is 9.59. The maximum Gasteiger partial charge on any atom is 0.338 e. The fourth-order valence-electron chi connectivity index (χ4n) is 6.25. The van der Waals surface area contributed by atoms with Crippen molar-refractivity contribution >= 4 is 23.7 Å². The van der Waals surface area contributed by atoms with Gasteiger partial charge in [0.2, 0.25) is 5.60 Å². The molecule has 3 atom stereocenters. The fourth-order valence-corrected chi connectivity index (χ4v) is 6.25. The van der Waals surface area contributed by atoms with E-state index in [2.05, 4.69) is 41.5 Å². The number of carbonyl (C=O) groups is 4. The number of carboxylic acid groups (broad SMARTS) is 3. The van der Waals surface area contributed by atoms with Crippen LogP contribution < -0.4 is 0 Å². The number of rotatable bonds is 28. The standard InChI is InChI=1S/C35H64O8/c1-26(2)20-14-8-9-17-23-30(31(37)38)35(33(41)42,43-25-19-13-11-16-22-28(5)6)34(29(7)36,32(39)40)24-18-12-10-15-21-27(3)4/h26-28,30H,8-25H2,1-7H3,(H,37,38)(H,39,40)(H,41,42). The van der Waals surface area contributed by atoms with Crippen molar-refractivity contribution in [3.63, 3.8) is 0 Å². The summed E-state index contributed by atoms with van der Waals surface area (Å²) in [5.74, 6) is -5.62. The second-order valence-corrected chi connectivity index (χ2v) is 13.9. The summed E-state index contributed by atoms with van der Waals surface area (Å²) < 4.78 is 6.07. The molecule has 8 heteroatoms. The van der Waals surface area contributed by atoms with Crippen LogP contribution in [-0.2, 0) is 23.9 Å². The monoisotopic (exact) mass is 612 g/mol. The van der Waals surface area contributed by atoms with E-state index >= 15 is 0 Å². The summed E-state index contributed by atoms with van der Waals surface area (Å²) >= 11 is 0. The Morgan fingerprint density at radius 1 is 0.558 bits per heavy atom. The van der Waals surface area contributed by atoms with Crippen LogP contribution in [0.25, 0.3) is 0 Å². The molecule has 252 valence electrons. The molecule has 0 aromatic carbocycles. The molecule has 0 aliphatic carbocycles.